The Morgan fingerprint density at radius 2 is 0.644 bits per heavy atom. The minimum Gasteiger partial charge on any atom is -0.394 e. The number of aliphatic hydroxyl groups excluding tert-OH is 2. The molecule has 0 fully saturated rings. The van der Waals surface area contributed by atoms with Gasteiger partial charge in [-0.1, -0.05) is 283 Å². The Morgan fingerprint density at radius 1 is 0.390 bits per heavy atom. The summed E-state index contributed by atoms with van der Waals surface area (Å²) in [6, 6.07) is -0.535. The second-order valence-electron chi connectivity index (χ2n) is 19.0. The van der Waals surface area contributed by atoms with Crippen LogP contribution in [0.15, 0.2) is 12.2 Å². The third-order valence-electron chi connectivity index (χ3n) is 13.0. The second kappa shape index (κ2) is 51.5. The molecule has 0 aromatic carbocycles. The van der Waals surface area contributed by atoms with Gasteiger partial charge in [-0.25, -0.2) is 0 Å². The van der Waals surface area contributed by atoms with Gasteiger partial charge in [0.2, 0.25) is 5.91 Å². The molecule has 0 rings (SSSR count). The second-order valence-corrected chi connectivity index (χ2v) is 19.0. The maximum atomic E-state index is 12.5. The van der Waals surface area contributed by atoms with Gasteiger partial charge < -0.3 is 15.5 Å². The number of carbonyl (C=O) groups excluding carboxylic acids is 1. The van der Waals surface area contributed by atoms with Crippen molar-refractivity contribution in [2.75, 3.05) is 6.61 Å². The van der Waals surface area contributed by atoms with Crippen molar-refractivity contribution >= 4 is 5.91 Å². The van der Waals surface area contributed by atoms with Gasteiger partial charge in [0.15, 0.2) is 0 Å². The molecule has 0 aromatic rings. The lowest BCUT2D eigenvalue weighted by molar-refractivity contribution is -0.123. The molecule has 0 saturated heterocycles. The van der Waals surface area contributed by atoms with Gasteiger partial charge in [0, 0.05) is 6.42 Å². The lowest BCUT2D eigenvalue weighted by atomic mass is 10.0. The topological polar surface area (TPSA) is 69.6 Å². The average molecular weight is 832 g/mol. The molecule has 2 unspecified atom stereocenters. The fourth-order valence-electron chi connectivity index (χ4n) is 8.83. The van der Waals surface area contributed by atoms with E-state index in [2.05, 4.69) is 31.3 Å². The highest BCUT2D eigenvalue weighted by Crippen LogP contribution is 2.18. The van der Waals surface area contributed by atoms with E-state index >= 15 is 0 Å². The number of allylic oxidation sites excluding steroid dienone is 2. The molecule has 0 aliphatic rings. The summed E-state index contributed by atoms with van der Waals surface area (Å²) in [5.74, 6) is -0.0275. The van der Waals surface area contributed by atoms with Gasteiger partial charge in [-0.3, -0.25) is 4.79 Å². The third kappa shape index (κ3) is 48.0. The Balaban J connectivity index is 3.44. The van der Waals surface area contributed by atoms with Crippen molar-refractivity contribution in [3.63, 3.8) is 0 Å². The molecule has 2 atom stereocenters. The molecule has 352 valence electrons. The first kappa shape index (κ1) is 58.1. The van der Waals surface area contributed by atoms with Crippen LogP contribution in [-0.4, -0.2) is 34.9 Å². The molecule has 0 heterocycles. The summed E-state index contributed by atoms with van der Waals surface area (Å²) >= 11 is 0. The van der Waals surface area contributed by atoms with Gasteiger partial charge in [0.1, 0.15) is 0 Å². The van der Waals surface area contributed by atoms with Gasteiger partial charge in [-0.15, -0.1) is 0 Å². The molecule has 1 amide bonds. The molecule has 0 saturated carbocycles. The molecule has 59 heavy (non-hydrogen) atoms. The van der Waals surface area contributed by atoms with Gasteiger partial charge >= 0.3 is 0 Å². The molecular weight excluding hydrogens is 723 g/mol. The Bertz CT molecular complexity index is 814. The van der Waals surface area contributed by atoms with Crippen molar-refractivity contribution in [3.8, 4) is 0 Å². The Hall–Kier alpha value is -0.870. The number of unbranched alkanes of at least 4 members (excludes halogenated alkanes) is 42. The third-order valence-corrected chi connectivity index (χ3v) is 13.0. The largest absolute Gasteiger partial charge is 0.394 e. The Labute approximate surface area is 371 Å². The zero-order valence-electron chi connectivity index (χ0n) is 40.6. The van der Waals surface area contributed by atoms with Crippen LogP contribution in [0.4, 0.5) is 0 Å². The van der Waals surface area contributed by atoms with Crippen molar-refractivity contribution < 1.29 is 15.0 Å². The van der Waals surface area contributed by atoms with E-state index in [4.69, 9.17) is 0 Å². The molecule has 0 aliphatic carbocycles. The van der Waals surface area contributed by atoms with E-state index in [1.54, 1.807) is 0 Å². The maximum Gasteiger partial charge on any atom is 0.220 e. The van der Waals surface area contributed by atoms with E-state index in [0.29, 0.717) is 12.8 Å². The number of aliphatic hydroxyl groups is 2. The minimum absolute atomic E-state index is 0.0275. The van der Waals surface area contributed by atoms with Crippen LogP contribution in [0.5, 0.6) is 0 Å². The monoisotopic (exact) mass is 832 g/mol. The van der Waals surface area contributed by atoms with E-state index in [1.807, 2.05) is 0 Å². The van der Waals surface area contributed by atoms with Crippen molar-refractivity contribution in [1.82, 2.24) is 5.32 Å². The first-order valence-corrected chi connectivity index (χ1v) is 27.4. The van der Waals surface area contributed by atoms with Crippen LogP contribution in [0, 0.1) is 0 Å². The highest BCUT2D eigenvalue weighted by molar-refractivity contribution is 5.76. The first-order valence-electron chi connectivity index (χ1n) is 27.4. The molecular formula is C55H109NO3. The summed E-state index contributed by atoms with van der Waals surface area (Å²) in [5, 5.41) is 23.3. The number of hydrogen-bond donors (Lipinski definition) is 3. The number of amides is 1. The predicted octanol–water partition coefficient (Wildman–Crippen LogP) is 17.8. The van der Waals surface area contributed by atoms with Gasteiger partial charge in [0.25, 0.3) is 0 Å². The molecule has 0 bridgehead atoms. The van der Waals surface area contributed by atoms with E-state index < -0.39 is 12.1 Å². The summed E-state index contributed by atoms with van der Waals surface area (Å²) in [6.45, 7) is 4.40. The number of hydrogen-bond acceptors (Lipinski definition) is 3. The molecule has 0 aliphatic heterocycles. The summed E-state index contributed by atoms with van der Waals surface area (Å²) in [7, 11) is 0. The van der Waals surface area contributed by atoms with E-state index in [1.165, 1.54) is 263 Å². The highest BCUT2D eigenvalue weighted by Gasteiger charge is 2.20. The van der Waals surface area contributed by atoms with Gasteiger partial charge in [0.05, 0.1) is 18.8 Å². The fourth-order valence-corrected chi connectivity index (χ4v) is 8.83. The average Bonchev–Trinajstić information content (AvgIpc) is 3.24. The van der Waals surface area contributed by atoms with Crippen molar-refractivity contribution in [1.29, 1.82) is 0 Å². The van der Waals surface area contributed by atoms with E-state index in [0.717, 1.165) is 25.7 Å². The molecule has 4 heteroatoms. The molecule has 0 radical (unpaired) electrons. The normalized spacial score (nSPS) is 12.8. The molecule has 3 N–H and O–H groups in total. The molecule has 0 aromatic heterocycles. The summed E-state index contributed by atoms with van der Waals surface area (Å²) in [6.07, 6.45) is 66.2. The van der Waals surface area contributed by atoms with Crippen molar-refractivity contribution in [2.24, 2.45) is 0 Å². The van der Waals surface area contributed by atoms with Gasteiger partial charge in [-0.05, 0) is 38.5 Å². The Morgan fingerprint density at radius 3 is 0.932 bits per heavy atom. The number of nitrogens with one attached hydrogen (secondary N) is 1. The van der Waals surface area contributed by atoms with Crippen LogP contribution < -0.4 is 5.32 Å². The quantitative estimate of drug-likeness (QED) is 0.0422. The first-order chi connectivity index (χ1) is 29.2. The SMILES string of the molecule is CCCCCCCCCCCCCC/C=C\CCCCCCCCCCCC(=O)NC(CO)C(O)CCCCCCCCCCCCCCCCCCCCCCCC. The maximum absolute atomic E-state index is 12.5. The van der Waals surface area contributed by atoms with Crippen LogP contribution in [0.3, 0.4) is 0 Å². The number of rotatable bonds is 51. The summed E-state index contributed by atoms with van der Waals surface area (Å²) in [4.78, 5) is 12.5. The lowest BCUT2D eigenvalue weighted by Gasteiger charge is -2.22. The summed E-state index contributed by atoms with van der Waals surface area (Å²) in [5.41, 5.74) is 0. The van der Waals surface area contributed by atoms with Crippen LogP contribution in [-0.2, 0) is 4.79 Å². The molecule has 4 nitrogen and oxygen atoms in total. The summed E-state index contributed by atoms with van der Waals surface area (Å²) < 4.78 is 0. The van der Waals surface area contributed by atoms with E-state index in [-0.39, 0.29) is 12.5 Å². The molecule has 0 spiro atoms. The Kier molecular flexibility index (Phi) is 50.7. The van der Waals surface area contributed by atoms with Crippen LogP contribution >= 0.6 is 0 Å². The van der Waals surface area contributed by atoms with Crippen molar-refractivity contribution in [2.45, 2.75) is 328 Å². The number of carbonyl (C=O) groups is 1. The fraction of sp³-hybridized carbons (Fsp3) is 0.945. The van der Waals surface area contributed by atoms with E-state index in [9.17, 15) is 15.0 Å². The zero-order valence-corrected chi connectivity index (χ0v) is 40.6. The van der Waals surface area contributed by atoms with Crippen LogP contribution in [0.25, 0.3) is 0 Å². The van der Waals surface area contributed by atoms with Gasteiger partial charge in [-0.2, -0.15) is 0 Å². The predicted molar refractivity (Wildman–Crippen MR) is 263 cm³/mol. The highest BCUT2D eigenvalue weighted by atomic mass is 16.3. The zero-order chi connectivity index (χ0) is 42.8. The standard InChI is InChI=1S/C55H109NO3/c1-3-5-7-9-11-13-15-17-19-21-23-25-27-28-29-31-33-35-37-39-41-43-45-47-49-51-55(59)56-53(52-57)54(58)50-48-46-44-42-40-38-36-34-32-30-26-24-22-20-18-16-14-12-10-8-6-4-2/h28-29,53-54,57-58H,3-27,30-52H2,1-2H3,(H,56,59)/b29-28-. The smallest absolute Gasteiger partial charge is 0.220 e. The van der Waals surface area contributed by atoms with Crippen LogP contribution in [0.1, 0.15) is 316 Å². The van der Waals surface area contributed by atoms with Crippen molar-refractivity contribution in [3.05, 3.63) is 12.2 Å². The lowest BCUT2D eigenvalue weighted by Crippen LogP contribution is -2.45. The minimum atomic E-state index is -0.658. The van der Waals surface area contributed by atoms with Crippen LogP contribution in [0.2, 0.25) is 0 Å².